The Balaban J connectivity index is 1.12. The van der Waals surface area contributed by atoms with Crippen LogP contribution in [0.15, 0.2) is 182 Å². The SMILES string of the molecule is c1cc(-n2c3ccccc3c3ccc4c5ccccc5n(-c5nc(-c6ccc7sc8ccccc8c7c6)cc(-c6ccc7sc8ccccc8c7c6)n5)c4c32)c2nccnc2c1. The van der Waals surface area contributed by atoms with E-state index in [-0.39, 0.29) is 0 Å². The second kappa shape index (κ2) is 12.9. The Morgan fingerprint density at radius 1 is 0.371 bits per heavy atom. The van der Waals surface area contributed by atoms with Crippen molar-refractivity contribution in [1.29, 1.82) is 0 Å². The lowest BCUT2D eigenvalue weighted by molar-refractivity contribution is 0.995. The molecule has 0 aliphatic carbocycles. The van der Waals surface area contributed by atoms with Crippen molar-refractivity contribution in [2.45, 2.75) is 0 Å². The van der Waals surface area contributed by atoms with Crippen molar-refractivity contribution in [2.24, 2.45) is 0 Å². The highest BCUT2D eigenvalue weighted by Crippen LogP contribution is 2.44. The van der Waals surface area contributed by atoms with Crippen LogP contribution in [-0.2, 0) is 0 Å². The van der Waals surface area contributed by atoms with Crippen molar-refractivity contribution in [1.82, 2.24) is 29.1 Å². The fraction of sp³-hybridized carbons (Fsp3) is 0. The molecule has 0 fully saturated rings. The van der Waals surface area contributed by atoms with Gasteiger partial charge in [-0.1, -0.05) is 103 Å². The molecule has 8 heteroatoms. The summed E-state index contributed by atoms with van der Waals surface area (Å²) in [6, 6.07) is 61.1. The lowest BCUT2D eigenvalue weighted by Crippen LogP contribution is -2.05. The van der Waals surface area contributed by atoms with Crippen LogP contribution in [0.4, 0.5) is 0 Å². The molecular formula is C54H30N6S2. The summed E-state index contributed by atoms with van der Waals surface area (Å²) in [6.07, 6.45) is 3.53. The first-order valence-corrected chi connectivity index (χ1v) is 22.3. The van der Waals surface area contributed by atoms with Crippen LogP contribution >= 0.6 is 22.7 Å². The van der Waals surface area contributed by atoms with E-state index in [0.717, 1.165) is 82.8 Å². The van der Waals surface area contributed by atoms with E-state index in [0.29, 0.717) is 5.95 Å². The monoisotopic (exact) mass is 826 g/mol. The quantitative estimate of drug-likeness (QED) is 0.177. The maximum absolute atomic E-state index is 5.58. The summed E-state index contributed by atoms with van der Waals surface area (Å²) in [5.41, 5.74) is 10.7. The number of aromatic nitrogens is 6. The van der Waals surface area contributed by atoms with E-state index in [4.69, 9.17) is 19.9 Å². The van der Waals surface area contributed by atoms with Gasteiger partial charge in [-0.05, 0) is 66.7 Å². The Kier molecular flexibility index (Phi) is 7.05. The van der Waals surface area contributed by atoms with Gasteiger partial charge in [-0.3, -0.25) is 14.5 Å². The van der Waals surface area contributed by atoms with Gasteiger partial charge in [-0.15, -0.1) is 22.7 Å². The van der Waals surface area contributed by atoms with Crippen LogP contribution in [-0.4, -0.2) is 29.1 Å². The smallest absolute Gasteiger partial charge is 0.235 e. The molecule has 14 rings (SSSR count). The van der Waals surface area contributed by atoms with E-state index in [1.54, 1.807) is 12.4 Å². The van der Waals surface area contributed by atoms with Gasteiger partial charge in [-0.2, -0.15) is 0 Å². The van der Waals surface area contributed by atoms with Gasteiger partial charge in [0.05, 0.1) is 44.7 Å². The molecule has 14 aromatic rings. The molecule has 6 aromatic heterocycles. The van der Waals surface area contributed by atoms with Crippen molar-refractivity contribution >= 4 is 118 Å². The van der Waals surface area contributed by atoms with E-state index in [1.807, 2.05) is 28.7 Å². The summed E-state index contributed by atoms with van der Waals surface area (Å²) >= 11 is 3.66. The topological polar surface area (TPSA) is 61.4 Å². The van der Waals surface area contributed by atoms with Gasteiger partial charge < -0.3 is 4.57 Å². The van der Waals surface area contributed by atoms with Crippen LogP contribution in [0.3, 0.4) is 0 Å². The van der Waals surface area contributed by atoms with Gasteiger partial charge in [0, 0.05) is 85.4 Å². The highest BCUT2D eigenvalue weighted by atomic mass is 32.1. The third-order valence-corrected chi connectivity index (χ3v) is 14.7. The van der Waals surface area contributed by atoms with Crippen molar-refractivity contribution < 1.29 is 0 Å². The molecule has 0 amide bonds. The fourth-order valence-electron chi connectivity index (χ4n) is 9.72. The zero-order valence-electron chi connectivity index (χ0n) is 32.8. The summed E-state index contributed by atoms with van der Waals surface area (Å²) in [5.74, 6) is 0.608. The first-order valence-electron chi connectivity index (χ1n) is 20.6. The molecule has 0 saturated heterocycles. The molecular weight excluding hydrogens is 797 g/mol. The van der Waals surface area contributed by atoms with Crippen LogP contribution in [0.1, 0.15) is 0 Å². The summed E-state index contributed by atoms with van der Waals surface area (Å²) in [5, 5.41) is 9.53. The molecule has 0 atom stereocenters. The largest absolute Gasteiger partial charge is 0.305 e. The predicted octanol–water partition coefficient (Wildman–Crippen LogP) is 14.7. The second-order valence-corrected chi connectivity index (χ2v) is 18.0. The van der Waals surface area contributed by atoms with Gasteiger partial charge in [0.1, 0.15) is 5.52 Å². The van der Waals surface area contributed by atoms with Crippen molar-refractivity contribution in [3.05, 3.63) is 182 Å². The molecule has 0 aliphatic rings. The van der Waals surface area contributed by atoms with Crippen LogP contribution in [0.25, 0.3) is 129 Å². The van der Waals surface area contributed by atoms with Crippen molar-refractivity contribution in [3.63, 3.8) is 0 Å². The lowest BCUT2D eigenvalue weighted by atomic mass is 10.0. The molecule has 288 valence electrons. The molecule has 0 saturated carbocycles. The highest BCUT2D eigenvalue weighted by Gasteiger charge is 2.24. The molecule has 0 unspecified atom stereocenters. The van der Waals surface area contributed by atoms with Gasteiger partial charge in [0.2, 0.25) is 5.95 Å². The van der Waals surface area contributed by atoms with Crippen LogP contribution in [0.2, 0.25) is 0 Å². The van der Waals surface area contributed by atoms with Crippen molar-refractivity contribution in [2.75, 3.05) is 0 Å². The highest BCUT2D eigenvalue weighted by molar-refractivity contribution is 7.26. The second-order valence-electron chi connectivity index (χ2n) is 15.8. The van der Waals surface area contributed by atoms with Crippen LogP contribution in [0, 0.1) is 0 Å². The Bertz CT molecular complexity index is 4050. The molecule has 0 N–H and O–H groups in total. The minimum atomic E-state index is 0.608. The Labute approximate surface area is 361 Å². The molecule has 8 aromatic carbocycles. The van der Waals surface area contributed by atoms with E-state index in [9.17, 15) is 0 Å². The number of nitrogens with zero attached hydrogens (tertiary/aromatic N) is 6. The maximum Gasteiger partial charge on any atom is 0.235 e. The minimum absolute atomic E-state index is 0.608. The van der Waals surface area contributed by atoms with E-state index >= 15 is 0 Å². The number of para-hydroxylation sites is 3. The average Bonchev–Trinajstić information content (AvgIpc) is 4.08. The van der Waals surface area contributed by atoms with E-state index < -0.39 is 0 Å². The summed E-state index contributed by atoms with van der Waals surface area (Å²) in [6.45, 7) is 0. The van der Waals surface area contributed by atoms with Crippen LogP contribution < -0.4 is 0 Å². The Morgan fingerprint density at radius 3 is 1.52 bits per heavy atom. The molecule has 0 bridgehead atoms. The molecule has 6 heterocycles. The number of rotatable bonds is 4. The molecule has 0 aliphatic heterocycles. The Hall–Kier alpha value is -7.78. The number of thiophene rings is 2. The third kappa shape index (κ3) is 4.84. The van der Waals surface area contributed by atoms with E-state index in [1.165, 1.54) is 40.3 Å². The maximum atomic E-state index is 5.58. The molecule has 0 radical (unpaired) electrons. The summed E-state index contributed by atoms with van der Waals surface area (Å²) < 4.78 is 9.74. The average molecular weight is 827 g/mol. The van der Waals surface area contributed by atoms with Crippen LogP contribution in [0.5, 0.6) is 0 Å². The Morgan fingerprint density at radius 2 is 0.887 bits per heavy atom. The van der Waals surface area contributed by atoms with Crippen molar-refractivity contribution in [3.8, 4) is 34.2 Å². The normalized spacial score (nSPS) is 12.2. The van der Waals surface area contributed by atoms with Gasteiger partial charge in [0.25, 0.3) is 0 Å². The number of hydrogen-bond acceptors (Lipinski definition) is 6. The third-order valence-electron chi connectivity index (χ3n) is 12.4. The molecule has 6 nitrogen and oxygen atoms in total. The molecule has 0 spiro atoms. The summed E-state index contributed by atoms with van der Waals surface area (Å²) in [4.78, 5) is 20.8. The fourth-order valence-corrected chi connectivity index (χ4v) is 11.9. The number of hydrogen-bond donors (Lipinski definition) is 0. The first-order chi connectivity index (χ1) is 30.7. The van der Waals surface area contributed by atoms with Gasteiger partial charge in [0.15, 0.2) is 0 Å². The zero-order chi connectivity index (χ0) is 40.5. The minimum Gasteiger partial charge on any atom is -0.305 e. The molecule has 62 heavy (non-hydrogen) atoms. The standard InChI is InChI=1S/C54H30N6S2/c1-5-15-44-33(10-1)37-22-23-38-34-11-2-6-16-45(34)60(53(38)52(37)59(44)46-17-9-14-41-51(46)56-27-26-55-41)54-57-42(31-20-24-49-39(28-31)35-12-3-7-18-47(35)61-49)30-43(58-54)32-21-25-50-40(29-32)36-13-4-8-19-48(36)62-50/h1-30H. The number of fused-ring (bicyclic) bond motifs is 14. The summed E-state index contributed by atoms with van der Waals surface area (Å²) in [7, 11) is 0. The van der Waals surface area contributed by atoms with Gasteiger partial charge in [-0.25, -0.2) is 9.97 Å². The first kappa shape index (κ1) is 34.0. The number of benzene rings is 8. The van der Waals surface area contributed by atoms with Gasteiger partial charge >= 0.3 is 0 Å². The zero-order valence-corrected chi connectivity index (χ0v) is 34.5. The lowest BCUT2D eigenvalue weighted by Gasteiger charge is -2.14. The predicted molar refractivity (Wildman–Crippen MR) is 260 cm³/mol. The van der Waals surface area contributed by atoms with E-state index in [2.05, 4.69) is 173 Å².